The van der Waals surface area contributed by atoms with Crippen molar-refractivity contribution in [2.24, 2.45) is 0 Å². The molecule has 0 aliphatic carbocycles. The van der Waals surface area contributed by atoms with E-state index in [4.69, 9.17) is 4.42 Å². The molecule has 0 radical (unpaired) electrons. The van der Waals surface area contributed by atoms with E-state index in [1.165, 1.54) is 29.6 Å². The molecule has 0 saturated carbocycles. The molecule has 7 nitrogen and oxygen atoms in total. The Hall–Kier alpha value is -3.64. The van der Waals surface area contributed by atoms with E-state index in [0.29, 0.717) is 5.56 Å². The fourth-order valence-electron chi connectivity index (χ4n) is 2.71. The van der Waals surface area contributed by atoms with Crippen LogP contribution >= 0.6 is 0 Å². The normalized spacial score (nSPS) is 12.5. The molecular formula is C16H8F6N6O. The number of halogens is 6. The number of alkyl halides is 6. The summed E-state index contributed by atoms with van der Waals surface area (Å²) in [5.74, 6) is -1.42. The predicted octanol–water partition coefficient (Wildman–Crippen LogP) is 4.40. The first-order valence-electron chi connectivity index (χ1n) is 7.80. The first-order valence-corrected chi connectivity index (χ1v) is 7.80. The topological polar surface area (TPSA) is 81.1 Å². The van der Waals surface area contributed by atoms with Crippen molar-refractivity contribution in [3.8, 4) is 22.6 Å². The lowest BCUT2D eigenvalue weighted by Gasteiger charge is -2.14. The first-order chi connectivity index (χ1) is 13.6. The number of anilines is 1. The Balaban J connectivity index is 1.84. The van der Waals surface area contributed by atoms with Crippen molar-refractivity contribution in [3.63, 3.8) is 0 Å². The second-order valence-electron chi connectivity index (χ2n) is 5.79. The molecule has 29 heavy (non-hydrogen) atoms. The van der Waals surface area contributed by atoms with Gasteiger partial charge in [0.05, 0.1) is 11.3 Å². The van der Waals surface area contributed by atoms with E-state index in [2.05, 4.69) is 20.4 Å². The van der Waals surface area contributed by atoms with Gasteiger partial charge in [-0.05, 0) is 35.4 Å². The highest BCUT2D eigenvalue weighted by molar-refractivity contribution is 5.79. The predicted molar refractivity (Wildman–Crippen MR) is 86.4 cm³/mol. The molecule has 4 aromatic rings. The lowest BCUT2D eigenvalue weighted by atomic mass is 10.0. The van der Waals surface area contributed by atoms with Crippen molar-refractivity contribution in [2.45, 2.75) is 12.5 Å². The average molecular weight is 414 g/mol. The zero-order valence-electron chi connectivity index (χ0n) is 14.0. The van der Waals surface area contributed by atoms with E-state index in [1.807, 2.05) is 0 Å². The zero-order valence-corrected chi connectivity index (χ0v) is 14.0. The van der Waals surface area contributed by atoms with Crippen molar-refractivity contribution in [1.29, 1.82) is 0 Å². The molecule has 0 fully saturated rings. The maximum atomic E-state index is 13.1. The third-order valence-corrected chi connectivity index (χ3v) is 3.88. The van der Waals surface area contributed by atoms with Crippen LogP contribution in [-0.4, -0.2) is 31.1 Å². The molecule has 3 heterocycles. The third-order valence-electron chi connectivity index (χ3n) is 3.88. The number of rotatable bonds is 3. The molecule has 4 rings (SSSR count). The maximum absolute atomic E-state index is 13.1. The fraction of sp³-hybridized carbons (Fsp3) is 0.125. The van der Waals surface area contributed by atoms with E-state index >= 15 is 0 Å². The van der Waals surface area contributed by atoms with Gasteiger partial charge in [-0.25, -0.2) is 0 Å². The Bertz CT molecular complexity index is 1170. The van der Waals surface area contributed by atoms with Gasteiger partial charge in [0, 0.05) is 6.20 Å². The number of hydrogen-bond acceptors (Lipinski definition) is 6. The Kier molecular flexibility index (Phi) is 4.17. The summed E-state index contributed by atoms with van der Waals surface area (Å²) in [6.45, 7) is 0. The summed E-state index contributed by atoms with van der Waals surface area (Å²) < 4.78 is 83.3. The number of hydrogen-bond donors (Lipinski definition) is 1. The van der Waals surface area contributed by atoms with E-state index in [0.717, 1.165) is 23.1 Å². The standard InChI is InChI=1S/C16H8F6N6O/c17-15(18,19)14-27-25-12-4-2-9(6-28(12)14)8-1-3-11(24-16(20,21)22)10(5-8)13-26-23-7-29-13/h1-7,24H. The number of pyridine rings is 1. The van der Waals surface area contributed by atoms with Gasteiger partial charge in [-0.1, -0.05) is 6.07 Å². The zero-order chi connectivity index (χ0) is 20.8. The van der Waals surface area contributed by atoms with E-state index in [1.54, 1.807) is 0 Å². The summed E-state index contributed by atoms with van der Waals surface area (Å²) in [5, 5.41) is 15.0. The molecule has 0 aliphatic heterocycles. The first kappa shape index (κ1) is 18.7. The van der Waals surface area contributed by atoms with Gasteiger partial charge in [0.15, 0.2) is 5.65 Å². The molecule has 1 aromatic carbocycles. The van der Waals surface area contributed by atoms with Crippen LogP contribution < -0.4 is 5.32 Å². The van der Waals surface area contributed by atoms with Gasteiger partial charge >= 0.3 is 12.5 Å². The number of fused-ring (bicyclic) bond motifs is 1. The molecular weight excluding hydrogens is 406 g/mol. The van der Waals surface area contributed by atoms with Crippen LogP contribution in [0, 0.1) is 0 Å². The van der Waals surface area contributed by atoms with Crippen LogP contribution in [0.2, 0.25) is 0 Å². The van der Waals surface area contributed by atoms with Crippen LogP contribution in [0.3, 0.4) is 0 Å². The molecule has 150 valence electrons. The largest absolute Gasteiger partial charge is 0.482 e. The molecule has 0 spiro atoms. The molecule has 0 saturated heterocycles. The van der Waals surface area contributed by atoms with Crippen molar-refractivity contribution >= 4 is 11.3 Å². The molecule has 0 amide bonds. The van der Waals surface area contributed by atoms with Gasteiger partial charge in [-0.15, -0.1) is 20.4 Å². The minimum absolute atomic E-state index is 0.0337. The summed E-state index contributed by atoms with van der Waals surface area (Å²) in [7, 11) is 0. The van der Waals surface area contributed by atoms with Crippen molar-refractivity contribution in [2.75, 3.05) is 5.32 Å². The second-order valence-corrected chi connectivity index (χ2v) is 5.79. The van der Waals surface area contributed by atoms with Crippen molar-refractivity contribution in [3.05, 3.63) is 48.7 Å². The lowest BCUT2D eigenvalue weighted by molar-refractivity contribution is -0.145. The fourth-order valence-corrected chi connectivity index (χ4v) is 2.71. The highest BCUT2D eigenvalue weighted by atomic mass is 19.4. The number of aromatic nitrogens is 5. The van der Waals surface area contributed by atoms with E-state index in [-0.39, 0.29) is 28.4 Å². The molecule has 0 bridgehead atoms. The Morgan fingerprint density at radius 3 is 2.31 bits per heavy atom. The van der Waals surface area contributed by atoms with Gasteiger partial charge in [0.1, 0.15) is 0 Å². The van der Waals surface area contributed by atoms with Gasteiger partial charge in [0.2, 0.25) is 18.1 Å². The minimum atomic E-state index is -4.73. The molecule has 3 aromatic heterocycles. The summed E-state index contributed by atoms with van der Waals surface area (Å²) in [6.07, 6.45) is -7.37. The van der Waals surface area contributed by atoms with E-state index < -0.39 is 18.3 Å². The summed E-state index contributed by atoms with van der Waals surface area (Å²) >= 11 is 0. The molecule has 0 unspecified atom stereocenters. The number of nitrogens with one attached hydrogen (secondary N) is 1. The highest BCUT2D eigenvalue weighted by Gasteiger charge is 2.37. The van der Waals surface area contributed by atoms with Crippen molar-refractivity contribution in [1.82, 2.24) is 24.8 Å². The minimum Gasteiger partial charge on any atom is -0.423 e. The van der Waals surface area contributed by atoms with Crippen LogP contribution in [0.15, 0.2) is 47.3 Å². The highest BCUT2D eigenvalue weighted by Crippen LogP contribution is 2.35. The second kappa shape index (κ2) is 6.46. The van der Waals surface area contributed by atoms with Gasteiger partial charge < -0.3 is 4.42 Å². The average Bonchev–Trinajstić information content (AvgIpc) is 3.29. The van der Waals surface area contributed by atoms with Crippen LogP contribution in [-0.2, 0) is 6.18 Å². The third kappa shape index (κ3) is 3.70. The molecule has 0 aliphatic rings. The maximum Gasteiger partial charge on any atom is 0.482 e. The number of benzene rings is 1. The monoisotopic (exact) mass is 414 g/mol. The molecule has 13 heteroatoms. The smallest absolute Gasteiger partial charge is 0.423 e. The van der Waals surface area contributed by atoms with Gasteiger partial charge in [-0.2, -0.15) is 26.3 Å². The molecule has 1 N–H and O–H groups in total. The van der Waals surface area contributed by atoms with Gasteiger partial charge in [-0.3, -0.25) is 9.72 Å². The Morgan fingerprint density at radius 1 is 0.897 bits per heavy atom. The van der Waals surface area contributed by atoms with Gasteiger partial charge in [0.25, 0.3) is 0 Å². The number of nitrogens with zero attached hydrogens (tertiary/aromatic N) is 5. The SMILES string of the molecule is FC(F)(F)Nc1ccc(-c2ccc3nnc(C(F)(F)F)n3c2)cc1-c1nnco1. The lowest BCUT2D eigenvalue weighted by Crippen LogP contribution is -2.21. The summed E-state index contributed by atoms with van der Waals surface area (Å²) in [5.41, 5.74) is 0.134. The molecule has 0 atom stereocenters. The van der Waals surface area contributed by atoms with Crippen LogP contribution in [0.5, 0.6) is 0 Å². The quantitative estimate of drug-likeness (QED) is 0.396. The van der Waals surface area contributed by atoms with Crippen molar-refractivity contribution < 1.29 is 30.8 Å². The van der Waals surface area contributed by atoms with Crippen LogP contribution in [0.25, 0.3) is 28.2 Å². The summed E-state index contributed by atoms with van der Waals surface area (Å²) in [6, 6.07) is 6.50. The Labute approximate surface area is 157 Å². The van der Waals surface area contributed by atoms with Crippen LogP contribution in [0.1, 0.15) is 5.82 Å². The summed E-state index contributed by atoms with van der Waals surface area (Å²) in [4.78, 5) is 0. The Morgan fingerprint density at radius 2 is 1.66 bits per heavy atom. The van der Waals surface area contributed by atoms with E-state index in [9.17, 15) is 26.3 Å². The van der Waals surface area contributed by atoms with Crippen LogP contribution in [0.4, 0.5) is 32.0 Å².